The third kappa shape index (κ3) is 2.89. The van der Waals surface area contributed by atoms with Gasteiger partial charge in [0.25, 0.3) is 0 Å². The lowest BCUT2D eigenvalue weighted by atomic mass is 9.89. The van der Waals surface area contributed by atoms with Crippen molar-refractivity contribution >= 4 is 13.2 Å². The van der Waals surface area contributed by atoms with Crippen LogP contribution in [0.25, 0.3) is 6.08 Å². The average Bonchev–Trinajstić information content (AvgIpc) is 2.57. The first-order chi connectivity index (χ1) is 9.25. The Morgan fingerprint density at radius 3 is 2.35 bits per heavy atom. The predicted octanol–water partition coefficient (Wildman–Crippen LogP) is 2.99. The fourth-order valence-corrected chi connectivity index (χ4v) is 1.97. The zero-order valence-electron chi connectivity index (χ0n) is 12.8. The maximum atomic E-state index is 9.81. The van der Waals surface area contributed by atoms with Crippen LogP contribution in [-0.2, 0) is 15.7 Å². The monoisotopic (exact) mass is 275 g/mol. The molecule has 2 rings (SSSR count). The highest BCUT2D eigenvalue weighted by molar-refractivity contribution is 6.52. The standard InChI is InChI=1S/C15H22BNO3/c1-6-11-7-8-13(18)12(17-11)9-10-16-19-14(2,3)15(4,5)20-16/h7-10,18H,6H2,1-5H3/b10-9+. The Morgan fingerprint density at radius 1 is 1.20 bits per heavy atom. The molecule has 5 heteroatoms. The Morgan fingerprint density at radius 2 is 1.80 bits per heavy atom. The number of hydrogen-bond donors (Lipinski definition) is 1. The number of rotatable bonds is 3. The van der Waals surface area contributed by atoms with Crippen molar-refractivity contribution in [2.45, 2.75) is 52.2 Å². The van der Waals surface area contributed by atoms with E-state index in [-0.39, 0.29) is 17.0 Å². The molecule has 0 unspecified atom stereocenters. The molecule has 0 atom stereocenters. The van der Waals surface area contributed by atoms with Crippen molar-refractivity contribution in [3.8, 4) is 5.75 Å². The minimum absolute atomic E-state index is 0.162. The SMILES string of the molecule is CCc1ccc(O)c(/C=C/B2OC(C)(C)C(C)(C)O2)n1. The van der Waals surface area contributed by atoms with Crippen molar-refractivity contribution in [2.75, 3.05) is 0 Å². The maximum Gasteiger partial charge on any atom is 0.487 e. The van der Waals surface area contributed by atoms with Crippen molar-refractivity contribution in [3.05, 3.63) is 29.5 Å². The summed E-state index contributed by atoms with van der Waals surface area (Å²) in [5.74, 6) is 1.95. The lowest BCUT2D eigenvalue weighted by Gasteiger charge is -2.32. The molecular weight excluding hydrogens is 253 g/mol. The molecule has 1 aliphatic heterocycles. The summed E-state index contributed by atoms with van der Waals surface area (Å²) < 4.78 is 11.7. The predicted molar refractivity (Wildman–Crippen MR) is 80.4 cm³/mol. The van der Waals surface area contributed by atoms with Crippen molar-refractivity contribution in [1.82, 2.24) is 4.98 Å². The van der Waals surface area contributed by atoms with Gasteiger partial charge < -0.3 is 14.4 Å². The van der Waals surface area contributed by atoms with Crippen LogP contribution >= 0.6 is 0 Å². The maximum absolute atomic E-state index is 9.81. The van der Waals surface area contributed by atoms with E-state index in [0.717, 1.165) is 12.1 Å². The third-order valence-corrected chi connectivity index (χ3v) is 4.01. The van der Waals surface area contributed by atoms with Crippen molar-refractivity contribution in [1.29, 1.82) is 0 Å². The zero-order chi connectivity index (χ0) is 15.0. The van der Waals surface area contributed by atoms with E-state index in [9.17, 15) is 5.11 Å². The van der Waals surface area contributed by atoms with Gasteiger partial charge in [-0.3, -0.25) is 0 Å². The fraction of sp³-hybridized carbons (Fsp3) is 0.533. The molecular formula is C15H22BNO3. The van der Waals surface area contributed by atoms with Gasteiger partial charge >= 0.3 is 7.12 Å². The normalized spacial score (nSPS) is 20.8. The van der Waals surface area contributed by atoms with E-state index >= 15 is 0 Å². The molecule has 0 saturated carbocycles. The molecule has 2 heterocycles. The molecule has 0 amide bonds. The fourth-order valence-electron chi connectivity index (χ4n) is 1.97. The van der Waals surface area contributed by atoms with E-state index < -0.39 is 7.12 Å². The van der Waals surface area contributed by atoms with Gasteiger partial charge in [0.2, 0.25) is 0 Å². The lowest BCUT2D eigenvalue weighted by Crippen LogP contribution is -2.41. The molecule has 4 nitrogen and oxygen atoms in total. The van der Waals surface area contributed by atoms with Gasteiger partial charge in [-0.1, -0.05) is 12.9 Å². The highest BCUT2D eigenvalue weighted by Crippen LogP contribution is 2.37. The van der Waals surface area contributed by atoms with E-state index in [0.29, 0.717) is 5.69 Å². The van der Waals surface area contributed by atoms with Gasteiger partial charge in [-0.05, 0) is 52.3 Å². The van der Waals surface area contributed by atoms with E-state index in [1.165, 1.54) is 0 Å². The molecule has 0 aromatic carbocycles. The second-order valence-electron chi connectivity index (χ2n) is 6.04. The molecule has 0 radical (unpaired) electrons. The summed E-state index contributed by atoms with van der Waals surface area (Å²) >= 11 is 0. The number of hydrogen-bond acceptors (Lipinski definition) is 4. The first kappa shape index (κ1) is 15.1. The minimum Gasteiger partial charge on any atom is -0.506 e. The molecule has 1 saturated heterocycles. The molecule has 0 bridgehead atoms. The molecule has 1 aliphatic rings. The van der Waals surface area contributed by atoms with E-state index in [4.69, 9.17) is 9.31 Å². The van der Waals surface area contributed by atoms with Crippen LogP contribution in [0.3, 0.4) is 0 Å². The second kappa shape index (κ2) is 5.22. The summed E-state index contributed by atoms with van der Waals surface area (Å²) in [5, 5.41) is 9.81. The Bertz CT molecular complexity index is 510. The second-order valence-corrected chi connectivity index (χ2v) is 6.04. The summed E-state index contributed by atoms with van der Waals surface area (Å²) in [6.07, 6.45) is 2.58. The molecule has 0 spiro atoms. The minimum atomic E-state index is -0.425. The van der Waals surface area contributed by atoms with E-state index in [2.05, 4.69) is 4.98 Å². The summed E-state index contributed by atoms with van der Waals surface area (Å²) in [5.41, 5.74) is 0.765. The number of nitrogens with zero attached hydrogens (tertiary/aromatic N) is 1. The van der Waals surface area contributed by atoms with Crippen LogP contribution in [0.15, 0.2) is 18.1 Å². The smallest absolute Gasteiger partial charge is 0.487 e. The van der Waals surface area contributed by atoms with Gasteiger partial charge in [-0.15, -0.1) is 0 Å². The van der Waals surface area contributed by atoms with E-state index in [1.807, 2.05) is 40.7 Å². The highest BCUT2D eigenvalue weighted by atomic mass is 16.7. The van der Waals surface area contributed by atoms with Crippen LogP contribution in [0.5, 0.6) is 5.75 Å². The van der Waals surface area contributed by atoms with Gasteiger partial charge in [-0.25, -0.2) is 4.98 Å². The summed E-state index contributed by atoms with van der Waals surface area (Å²) in [4.78, 5) is 4.38. The molecule has 20 heavy (non-hydrogen) atoms. The van der Waals surface area contributed by atoms with Crippen LogP contribution in [0, 0.1) is 0 Å². The Kier molecular flexibility index (Phi) is 3.94. The number of aromatic hydroxyl groups is 1. The van der Waals surface area contributed by atoms with Crippen molar-refractivity contribution in [3.63, 3.8) is 0 Å². The van der Waals surface area contributed by atoms with Crippen LogP contribution in [-0.4, -0.2) is 28.4 Å². The topological polar surface area (TPSA) is 51.6 Å². The van der Waals surface area contributed by atoms with Crippen molar-refractivity contribution in [2.24, 2.45) is 0 Å². The van der Waals surface area contributed by atoms with Crippen LogP contribution < -0.4 is 0 Å². The number of pyridine rings is 1. The highest BCUT2D eigenvalue weighted by Gasteiger charge is 2.50. The molecule has 1 fully saturated rings. The largest absolute Gasteiger partial charge is 0.506 e. The van der Waals surface area contributed by atoms with Gasteiger partial charge in [0.1, 0.15) is 11.4 Å². The molecule has 0 aliphatic carbocycles. The molecule has 1 N–H and O–H groups in total. The van der Waals surface area contributed by atoms with E-state index in [1.54, 1.807) is 18.1 Å². The van der Waals surface area contributed by atoms with Crippen LogP contribution in [0.4, 0.5) is 0 Å². The Labute approximate surface area is 121 Å². The van der Waals surface area contributed by atoms with Gasteiger partial charge in [0.05, 0.1) is 11.2 Å². The van der Waals surface area contributed by atoms with Crippen LogP contribution in [0.1, 0.15) is 46.0 Å². The first-order valence-electron chi connectivity index (χ1n) is 6.98. The Balaban J connectivity index is 2.15. The van der Waals surface area contributed by atoms with Gasteiger partial charge in [0.15, 0.2) is 0 Å². The summed E-state index contributed by atoms with van der Waals surface area (Å²) in [6.45, 7) is 10.1. The molecule has 1 aromatic heterocycles. The number of aryl methyl sites for hydroxylation is 1. The third-order valence-electron chi connectivity index (χ3n) is 4.01. The number of aromatic nitrogens is 1. The van der Waals surface area contributed by atoms with Gasteiger partial charge in [0, 0.05) is 5.69 Å². The van der Waals surface area contributed by atoms with Gasteiger partial charge in [-0.2, -0.15) is 0 Å². The quantitative estimate of drug-likeness (QED) is 0.861. The summed E-state index contributed by atoms with van der Waals surface area (Å²) in [7, 11) is -0.425. The first-order valence-corrected chi connectivity index (χ1v) is 6.98. The van der Waals surface area contributed by atoms with Crippen LogP contribution in [0.2, 0.25) is 0 Å². The average molecular weight is 275 g/mol. The zero-order valence-corrected chi connectivity index (χ0v) is 12.8. The molecule has 108 valence electrons. The lowest BCUT2D eigenvalue weighted by molar-refractivity contribution is 0.00578. The van der Waals surface area contributed by atoms with Crippen molar-refractivity contribution < 1.29 is 14.4 Å². The summed E-state index contributed by atoms with van der Waals surface area (Å²) in [6, 6.07) is 3.48. The Hall–Kier alpha value is -1.33. The molecule has 1 aromatic rings.